The van der Waals surface area contributed by atoms with Crippen LogP contribution in [0.25, 0.3) is 0 Å². The van der Waals surface area contributed by atoms with E-state index in [4.69, 9.17) is 4.74 Å². The van der Waals surface area contributed by atoms with Gasteiger partial charge in [0.25, 0.3) is 5.91 Å². The molecular formula is C17H27N3O5S. The SMILES string of the molecule is CCOC(=O)NC(CNC(=O)c1ccc(S(=O)(=O)NC)cc1)CC(C)C. The minimum absolute atomic E-state index is 0.0817. The monoisotopic (exact) mass is 385 g/mol. The maximum absolute atomic E-state index is 12.3. The van der Waals surface area contributed by atoms with Crippen molar-refractivity contribution in [2.45, 2.75) is 38.1 Å². The van der Waals surface area contributed by atoms with Gasteiger partial charge in [0, 0.05) is 18.2 Å². The van der Waals surface area contributed by atoms with Gasteiger partial charge < -0.3 is 15.4 Å². The molecule has 1 aromatic carbocycles. The fraction of sp³-hybridized carbons (Fsp3) is 0.529. The van der Waals surface area contributed by atoms with Gasteiger partial charge in [-0.3, -0.25) is 4.79 Å². The predicted molar refractivity (Wildman–Crippen MR) is 98.4 cm³/mol. The molecule has 0 spiro atoms. The van der Waals surface area contributed by atoms with Gasteiger partial charge in [0.05, 0.1) is 11.5 Å². The van der Waals surface area contributed by atoms with Crippen LogP contribution in [0.15, 0.2) is 29.2 Å². The average Bonchev–Trinajstić information content (AvgIpc) is 2.59. The van der Waals surface area contributed by atoms with Gasteiger partial charge in [-0.15, -0.1) is 0 Å². The second-order valence-corrected chi connectivity index (χ2v) is 8.02. The van der Waals surface area contributed by atoms with Crippen LogP contribution in [-0.2, 0) is 14.8 Å². The second-order valence-electron chi connectivity index (χ2n) is 6.13. The summed E-state index contributed by atoms with van der Waals surface area (Å²) in [6.07, 6.45) is 0.160. The number of sulfonamides is 1. The molecule has 9 heteroatoms. The Bertz CT molecular complexity index is 702. The summed E-state index contributed by atoms with van der Waals surface area (Å²) in [5.74, 6) is -0.0253. The van der Waals surface area contributed by atoms with Crippen LogP contribution >= 0.6 is 0 Å². The number of hydrogen-bond donors (Lipinski definition) is 3. The lowest BCUT2D eigenvalue weighted by Gasteiger charge is -2.20. The first kappa shape index (κ1) is 21.9. The van der Waals surface area contributed by atoms with Gasteiger partial charge in [0.15, 0.2) is 0 Å². The minimum atomic E-state index is -3.54. The molecule has 8 nitrogen and oxygen atoms in total. The Kier molecular flexibility index (Phi) is 8.53. The molecule has 0 fully saturated rings. The summed E-state index contributed by atoms with van der Waals surface area (Å²) in [6, 6.07) is 5.35. The summed E-state index contributed by atoms with van der Waals surface area (Å²) >= 11 is 0. The van der Waals surface area contributed by atoms with E-state index in [0.717, 1.165) is 0 Å². The molecule has 0 bridgehead atoms. The van der Waals surface area contributed by atoms with Gasteiger partial charge in [-0.2, -0.15) is 0 Å². The Morgan fingerprint density at radius 2 is 1.77 bits per heavy atom. The quantitative estimate of drug-likeness (QED) is 0.596. The van der Waals surface area contributed by atoms with E-state index in [1.54, 1.807) is 6.92 Å². The molecule has 0 aliphatic carbocycles. The molecule has 0 radical (unpaired) electrons. The number of ether oxygens (including phenoxy) is 1. The molecule has 0 saturated heterocycles. The van der Waals surface area contributed by atoms with E-state index in [2.05, 4.69) is 15.4 Å². The minimum Gasteiger partial charge on any atom is -0.450 e. The van der Waals surface area contributed by atoms with Gasteiger partial charge in [-0.1, -0.05) is 13.8 Å². The molecule has 0 aliphatic rings. The topological polar surface area (TPSA) is 114 Å². The number of rotatable bonds is 9. The van der Waals surface area contributed by atoms with Crippen molar-refractivity contribution in [2.75, 3.05) is 20.2 Å². The summed E-state index contributed by atoms with van der Waals surface area (Å²) in [5, 5.41) is 5.48. The molecule has 146 valence electrons. The fourth-order valence-electron chi connectivity index (χ4n) is 2.32. The predicted octanol–water partition coefficient (Wildman–Crippen LogP) is 1.49. The van der Waals surface area contributed by atoms with Gasteiger partial charge in [-0.05, 0) is 50.6 Å². The number of amides is 2. The number of nitrogens with one attached hydrogen (secondary N) is 3. The van der Waals surface area contributed by atoms with E-state index in [9.17, 15) is 18.0 Å². The van der Waals surface area contributed by atoms with Gasteiger partial charge in [0.2, 0.25) is 10.0 Å². The lowest BCUT2D eigenvalue weighted by Crippen LogP contribution is -2.44. The molecule has 26 heavy (non-hydrogen) atoms. The Morgan fingerprint density at radius 1 is 1.15 bits per heavy atom. The van der Waals surface area contributed by atoms with Gasteiger partial charge in [-0.25, -0.2) is 17.9 Å². The first-order valence-corrected chi connectivity index (χ1v) is 9.93. The first-order chi connectivity index (χ1) is 12.2. The summed E-state index contributed by atoms with van der Waals surface area (Å²) in [6.45, 7) is 6.27. The van der Waals surface area contributed by atoms with Crippen LogP contribution in [0, 0.1) is 5.92 Å². The summed E-state index contributed by atoms with van der Waals surface area (Å²) < 4.78 is 30.5. The lowest BCUT2D eigenvalue weighted by atomic mass is 10.0. The first-order valence-electron chi connectivity index (χ1n) is 8.44. The van der Waals surface area contributed by atoms with Crippen molar-refractivity contribution in [3.8, 4) is 0 Å². The second kappa shape index (κ2) is 10.1. The summed E-state index contributed by atoms with van der Waals surface area (Å²) in [5.41, 5.74) is 0.333. The van der Waals surface area contributed by atoms with Crippen LogP contribution in [0.5, 0.6) is 0 Å². The van der Waals surface area contributed by atoms with Crippen molar-refractivity contribution in [2.24, 2.45) is 5.92 Å². The molecule has 0 saturated carbocycles. The van der Waals surface area contributed by atoms with E-state index in [1.165, 1.54) is 31.3 Å². The number of carbonyl (C=O) groups excluding carboxylic acids is 2. The number of alkyl carbamates (subject to hydrolysis) is 1. The number of carbonyl (C=O) groups is 2. The van der Waals surface area contributed by atoms with Crippen molar-refractivity contribution in [1.82, 2.24) is 15.4 Å². The van der Waals surface area contributed by atoms with Crippen molar-refractivity contribution >= 4 is 22.0 Å². The van der Waals surface area contributed by atoms with E-state index < -0.39 is 16.1 Å². The molecule has 0 heterocycles. The average molecular weight is 385 g/mol. The third-order valence-electron chi connectivity index (χ3n) is 3.56. The standard InChI is InChI=1S/C17H27N3O5S/c1-5-25-17(22)20-14(10-12(2)3)11-19-16(21)13-6-8-15(9-7-13)26(23,24)18-4/h6-9,12,14,18H,5,10-11H2,1-4H3,(H,19,21)(H,20,22). The van der Waals surface area contributed by atoms with E-state index in [0.29, 0.717) is 17.9 Å². The van der Waals surface area contributed by atoms with E-state index >= 15 is 0 Å². The normalized spacial score (nSPS) is 12.5. The Morgan fingerprint density at radius 3 is 2.27 bits per heavy atom. The zero-order valence-corrected chi connectivity index (χ0v) is 16.4. The highest BCUT2D eigenvalue weighted by molar-refractivity contribution is 7.89. The van der Waals surface area contributed by atoms with Crippen LogP contribution in [0.1, 0.15) is 37.6 Å². The smallest absolute Gasteiger partial charge is 0.407 e. The molecule has 1 atom stereocenters. The van der Waals surface area contributed by atoms with Crippen molar-refractivity contribution in [1.29, 1.82) is 0 Å². The Labute approximate surface area is 154 Å². The maximum Gasteiger partial charge on any atom is 0.407 e. The highest BCUT2D eigenvalue weighted by Gasteiger charge is 2.17. The van der Waals surface area contributed by atoms with Crippen LogP contribution in [0.4, 0.5) is 4.79 Å². The van der Waals surface area contributed by atoms with Crippen LogP contribution in [-0.4, -0.2) is 46.7 Å². The molecule has 0 aromatic heterocycles. The van der Waals surface area contributed by atoms with Crippen molar-refractivity contribution in [3.05, 3.63) is 29.8 Å². The van der Waals surface area contributed by atoms with Crippen LogP contribution in [0.3, 0.4) is 0 Å². The fourth-order valence-corrected chi connectivity index (χ4v) is 3.05. The molecular weight excluding hydrogens is 358 g/mol. The van der Waals surface area contributed by atoms with E-state index in [1.807, 2.05) is 13.8 Å². The largest absolute Gasteiger partial charge is 0.450 e. The maximum atomic E-state index is 12.3. The third kappa shape index (κ3) is 7.01. The third-order valence-corrected chi connectivity index (χ3v) is 4.99. The molecule has 1 rings (SSSR count). The molecule has 0 aliphatic heterocycles. The summed E-state index contributed by atoms with van der Waals surface area (Å²) in [4.78, 5) is 23.9. The van der Waals surface area contributed by atoms with Gasteiger partial charge in [0.1, 0.15) is 0 Å². The molecule has 1 unspecified atom stereocenters. The lowest BCUT2D eigenvalue weighted by molar-refractivity contribution is 0.0944. The van der Waals surface area contributed by atoms with Crippen molar-refractivity contribution < 1.29 is 22.7 Å². The van der Waals surface area contributed by atoms with Crippen molar-refractivity contribution in [3.63, 3.8) is 0 Å². The van der Waals surface area contributed by atoms with Gasteiger partial charge >= 0.3 is 6.09 Å². The zero-order valence-electron chi connectivity index (χ0n) is 15.5. The Balaban J connectivity index is 2.70. The highest BCUT2D eigenvalue weighted by atomic mass is 32.2. The van der Waals surface area contributed by atoms with Crippen LogP contribution in [0.2, 0.25) is 0 Å². The zero-order chi connectivity index (χ0) is 19.7. The number of benzene rings is 1. The molecule has 3 N–H and O–H groups in total. The summed E-state index contributed by atoms with van der Waals surface area (Å²) in [7, 11) is -2.22. The number of hydrogen-bond acceptors (Lipinski definition) is 5. The highest BCUT2D eigenvalue weighted by Crippen LogP contribution is 2.10. The van der Waals surface area contributed by atoms with E-state index in [-0.39, 0.29) is 30.0 Å². The van der Waals surface area contributed by atoms with Crippen LogP contribution < -0.4 is 15.4 Å². The Hall–Kier alpha value is -2.13. The molecule has 2 amide bonds. The molecule has 1 aromatic rings.